The molecule has 1 aromatic rings. The van der Waals surface area contributed by atoms with Crippen LogP contribution in [0.2, 0.25) is 0 Å². The number of amides is 1. The molecule has 1 fully saturated rings. The molecule has 23 heavy (non-hydrogen) atoms. The first-order chi connectivity index (χ1) is 11.3. The van der Waals surface area contributed by atoms with Crippen LogP contribution >= 0.6 is 0 Å². The van der Waals surface area contributed by atoms with E-state index in [1.54, 1.807) is 0 Å². The zero-order valence-electron chi connectivity index (χ0n) is 13.8. The van der Waals surface area contributed by atoms with Crippen LogP contribution in [0.4, 0.5) is 0 Å². The van der Waals surface area contributed by atoms with Crippen LogP contribution in [0.1, 0.15) is 31.2 Å². The number of nitrogens with zero attached hydrogens (tertiary/aromatic N) is 1. The van der Waals surface area contributed by atoms with Gasteiger partial charge in [0.15, 0.2) is 0 Å². The van der Waals surface area contributed by atoms with Gasteiger partial charge in [-0.15, -0.1) is 0 Å². The van der Waals surface area contributed by atoms with Crippen molar-refractivity contribution in [1.82, 2.24) is 4.90 Å². The second-order valence-corrected chi connectivity index (χ2v) is 5.90. The molecule has 1 saturated heterocycles. The lowest BCUT2D eigenvalue weighted by Crippen LogP contribution is -2.33. The minimum Gasteiger partial charge on any atom is -0.378 e. The van der Waals surface area contributed by atoms with E-state index in [1.165, 1.54) is 0 Å². The number of carbonyl (C=O) groups excluding carboxylic acids is 1. The van der Waals surface area contributed by atoms with E-state index in [1.807, 2.05) is 35.2 Å². The Kier molecular flexibility index (Phi) is 8.07. The topological polar surface area (TPSA) is 64.8 Å². The minimum absolute atomic E-state index is 0.120. The van der Waals surface area contributed by atoms with E-state index in [0.717, 1.165) is 31.4 Å². The Morgan fingerprint density at radius 2 is 2.17 bits per heavy atom. The van der Waals surface area contributed by atoms with Crippen LogP contribution in [0.25, 0.3) is 0 Å². The number of benzene rings is 1. The van der Waals surface area contributed by atoms with E-state index < -0.39 is 0 Å². The third-order valence-electron chi connectivity index (χ3n) is 3.99. The third kappa shape index (κ3) is 6.69. The zero-order valence-corrected chi connectivity index (χ0v) is 13.8. The van der Waals surface area contributed by atoms with Crippen molar-refractivity contribution in [2.45, 2.75) is 38.3 Å². The Morgan fingerprint density at radius 1 is 1.35 bits per heavy atom. The Bertz CT molecular complexity index is 447. The number of hydrogen-bond donors (Lipinski definition) is 1. The van der Waals surface area contributed by atoms with Gasteiger partial charge >= 0.3 is 0 Å². The molecule has 0 radical (unpaired) electrons. The van der Waals surface area contributed by atoms with Gasteiger partial charge in [0, 0.05) is 19.7 Å². The van der Waals surface area contributed by atoms with Crippen molar-refractivity contribution >= 4 is 5.91 Å². The molecule has 1 aliphatic heterocycles. The number of carbonyl (C=O) groups is 1. The monoisotopic (exact) mass is 320 g/mol. The van der Waals surface area contributed by atoms with E-state index in [2.05, 4.69) is 0 Å². The largest absolute Gasteiger partial charge is 0.378 e. The summed E-state index contributed by atoms with van der Waals surface area (Å²) in [4.78, 5) is 14.3. The molecule has 0 bridgehead atoms. The fourth-order valence-electron chi connectivity index (χ4n) is 2.69. The van der Waals surface area contributed by atoms with Crippen LogP contribution < -0.4 is 5.73 Å². The SMILES string of the molecule is NCCCN(Cc1ccccc1)C(=O)CCOCC1CCCO1. The van der Waals surface area contributed by atoms with Crippen LogP contribution in [0, 0.1) is 0 Å². The summed E-state index contributed by atoms with van der Waals surface area (Å²) in [6.45, 7) is 3.79. The smallest absolute Gasteiger partial charge is 0.225 e. The quantitative estimate of drug-likeness (QED) is 0.669. The molecule has 1 atom stereocenters. The highest BCUT2D eigenvalue weighted by atomic mass is 16.5. The molecule has 128 valence electrons. The van der Waals surface area contributed by atoms with Gasteiger partial charge in [-0.05, 0) is 31.4 Å². The van der Waals surface area contributed by atoms with Crippen molar-refractivity contribution < 1.29 is 14.3 Å². The molecule has 0 saturated carbocycles. The Morgan fingerprint density at radius 3 is 2.87 bits per heavy atom. The second kappa shape index (κ2) is 10.4. The Hall–Kier alpha value is -1.43. The van der Waals surface area contributed by atoms with Crippen molar-refractivity contribution in [1.29, 1.82) is 0 Å². The van der Waals surface area contributed by atoms with E-state index in [0.29, 0.717) is 39.3 Å². The lowest BCUT2D eigenvalue weighted by Gasteiger charge is -2.23. The molecule has 2 rings (SSSR count). The van der Waals surface area contributed by atoms with Crippen molar-refractivity contribution in [3.05, 3.63) is 35.9 Å². The summed E-state index contributed by atoms with van der Waals surface area (Å²) < 4.78 is 11.1. The summed E-state index contributed by atoms with van der Waals surface area (Å²) in [5.41, 5.74) is 6.72. The van der Waals surface area contributed by atoms with Crippen LogP contribution in [0.15, 0.2) is 30.3 Å². The van der Waals surface area contributed by atoms with E-state index in [4.69, 9.17) is 15.2 Å². The van der Waals surface area contributed by atoms with Gasteiger partial charge < -0.3 is 20.1 Å². The molecule has 0 aliphatic carbocycles. The van der Waals surface area contributed by atoms with Crippen LogP contribution in [0.3, 0.4) is 0 Å². The first-order valence-electron chi connectivity index (χ1n) is 8.50. The van der Waals surface area contributed by atoms with Crippen molar-refractivity contribution in [3.8, 4) is 0 Å². The summed E-state index contributed by atoms with van der Waals surface area (Å²) in [6.07, 6.45) is 3.60. The molecule has 0 spiro atoms. The molecule has 5 nitrogen and oxygen atoms in total. The summed E-state index contributed by atoms with van der Waals surface area (Å²) in [6, 6.07) is 10.0. The predicted octanol–water partition coefficient (Wildman–Crippen LogP) is 1.95. The second-order valence-electron chi connectivity index (χ2n) is 5.90. The molecular formula is C18H28N2O3. The van der Waals surface area contributed by atoms with Gasteiger partial charge in [-0.3, -0.25) is 4.79 Å². The lowest BCUT2D eigenvalue weighted by molar-refractivity contribution is -0.133. The van der Waals surface area contributed by atoms with E-state index in [9.17, 15) is 4.79 Å². The molecule has 1 aromatic carbocycles. The maximum Gasteiger partial charge on any atom is 0.225 e. The number of hydrogen-bond acceptors (Lipinski definition) is 4. The standard InChI is InChI=1S/C18H28N2O3/c19-10-5-11-20(14-16-6-2-1-3-7-16)18(21)9-13-22-15-17-8-4-12-23-17/h1-3,6-7,17H,4-5,8-15,19H2. The van der Waals surface area contributed by atoms with Gasteiger partial charge in [-0.25, -0.2) is 0 Å². The van der Waals surface area contributed by atoms with E-state index in [-0.39, 0.29) is 12.0 Å². The first kappa shape index (κ1) is 17.9. The minimum atomic E-state index is 0.120. The number of rotatable bonds is 10. The van der Waals surface area contributed by atoms with Gasteiger partial charge in [0.05, 0.1) is 25.7 Å². The predicted molar refractivity (Wildman–Crippen MR) is 89.9 cm³/mol. The molecule has 1 amide bonds. The normalized spacial score (nSPS) is 17.3. The average Bonchev–Trinajstić information content (AvgIpc) is 3.09. The molecule has 0 aromatic heterocycles. The van der Waals surface area contributed by atoms with Crippen molar-refractivity contribution in [3.63, 3.8) is 0 Å². The van der Waals surface area contributed by atoms with Gasteiger partial charge in [-0.1, -0.05) is 30.3 Å². The molecule has 1 unspecified atom stereocenters. The average molecular weight is 320 g/mol. The molecule has 2 N–H and O–H groups in total. The van der Waals surface area contributed by atoms with Gasteiger partial charge in [0.1, 0.15) is 0 Å². The van der Waals surface area contributed by atoms with Crippen LogP contribution in [-0.4, -0.2) is 49.8 Å². The van der Waals surface area contributed by atoms with Gasteiger partial charge in [0.2, 0.25) is 5.91 Å². The van der Waals surface area contributed by atoms with Crippen LogP contribution in [0.5, 0.6) is 0 Å². The maximum absolute atomic E-state index is 12.4. The maximum atomic E-state index is 12.4. The van der Waals surface area contributed by atoms with E-state index >= 15 is 0 Å². The van der Waals surface area contributed by atoms with Gasteiger partial charge in [0.25, 0.3) is 0 Å². The number of nitrogens with two attached hydrogens (primary N) is 1. The van der Waals surface area contributed by atoms with Crippen molar-refractivity contribution in [2.75, 3.05) is 32.9 Å². The Labute approximate surface area is 138 Å². The van der Waals surface area contributed by atoms with Gasteiger partial charge in [-0.2, -0.15) is 0 Å². The first-order valence-corrected chi connectivity index (χ1v) is 8.50. The summed E-state index contributed by atoms with van der Waals surface area (Å²) in [7, 11) is 0. The zero-order chi connectivity index (χ0) is 16.3. The highest BCUT2D eigenvalue weighted by molar-refractivity contribution is 5.76. The highest BCUT2D eigenvalue weighted by Crippen LogP contribution is 2.12. The lowest BCUT2D eigenvalue weighted by atomic mass is 10.2. The molecule has 5 heteroatoms. The van der Waals surface area contributed by atoms with Crippen molar-refractivity contribution in [2.24, 2.45) is 5.73 Å². The fraction of sp³-hybridized carbons (Fsp3) is 0.611. The summed E-state index contributed by atoms with van der Waals surface area (Å²) >= 11 is 0. The number of ether oxygens (including phenoxy) is 2. The summed E-state index contributed by atoms with van der Waals surface area (Å²) in [5.74, 6) is 0.120. The van der Waals surface area contributed by atoms with Crippen LogP contribution in [-0.2, 0) is 20.8 Å². The Balaban J connectivity index is 1.73. The summed E-state index contributed by atoms with van der Waals surface area (Å²) in [5, 5.41) is 0. The third-order valence-corrected chi connectivity index (χ3v) is 3.99. The fourth-order valence-corrected chi connectivity index (χ4v) is 2.69. The molecular weight excluding hydrogens is 292 g/mol. The highest BCUT2D eigenvalue weighted by Gasteiger charge is 2.17. The molecule has 1 heterocycles. The molecule has 1 aliphatic rings.